The van der Waals surface area contributed by atoms with Crippen LogP contribution in [0, 0.1) is 19.7 Å². The summed E-state index contributed by atoms with van der Waals surface area (Å²) < 4.78 is 42.9. The SMILES string of the molecule is Cc1cccc(N([C@H](C)c2ccccc2F)S(=O)(=O)c2ccc(C)c(Cl)c2)c1. The molecule has 146 valence electrons. The summed E-state index contributed by atoms with van der Waals surface area (Å²) in [7, 11) is -3.99. The maximum Gasteiger partial charge on any atom is 0.264 e. The van der Waals surface area contributed by atoms with Crippen LogP contribution in [0.15, 0.2) is 71.6 Å². The smallest absolute Gasteiger partial charge is 0.259 e. The van der Waals surface area contributed by atoms with Crippen molar-refractivity contribution in [3.05, 3.63) is 94.3 Å². The molecule has 28 heavy (non-hydrogen) atoms. The minimum Gasteiger partial charge on any atom is -0.259 e. The van der Waals surface area contributed by atoms with E-state index in [2.05, 4.69) is 0 Å². The largest absolute Gasteiger partial charge is 0.264 e. The number of anilines is 1. The highest BCUT2D eigenvalue weighted by Crippen LogP contribution is 2.35. The summed E-state index contributed by atoms with van der Waals surface area (Å²) >= 11 is 6.17. The first-order valence-corrected chi connectivity index (χ1v) is 10.7. The number of aryl methyl sites for hydroxylation is 2. The van der Waals surface area contributed by atoms with Crippen LogP contribution in [0.2, 0.25) is 5.02 Å². The van der Waals surface area contributed by atoms with Crippen LogP contribution in [0.5, 0.6) is 0 Å². The van der Waals surface area contributed by atoms with Crippen LogP contribution in [0.3, 0.4) is 0 Å². The predicted octanol–water partition coefficient (Wildman–Crippen LogP) is 6.05. The van der Waals surface area contributed by atoms with E-state index in [1.54, 1.807) is 56.3 Å². The van der Waals surface area contributed by atoms with Crippen molar-refractivity contribution < 1.29 is 12.8 Å². The molecule has 0 saturated carbocycles. The third-order valence-corrected chi connectivity index (χ3v) is 6.97. The fraction of sp³-hybridized carbons (Fsp3) is 0.182. The van der Waals surface area contributed by atoms with Crippen LogP contribution >= 0.6 is 11.6 Å². The minimum absolute atomic E-state index is 0.0628. The predicted molar refractivity (Wildman–Crippen MR) is 112 cm³/mol. The van der Waals surface area contributed by atoms with E-state index in [0.717, 1.165) is 11.1 Å². The fourth-order valence-corrected chi connectivity index (χ4v) is 5.02. The van der Waals surface area contributed by atoms with E-state index in [0.29, 0.717) is 16.3 Å². The first-order valence-electron chi connectivity index (χ1n) is 8.83. The van der Waals surface area contributed by atoms with Crippen LogP contribution in [0.1, 0.15) is 29.7 Å². The van der Waals surface area contributed by atoms with Gasteiger partial charge in [-0.05, 0) is 62.2 Å². The maximum atomic E-state index is 14.5. The average molecular weight is 418 g/mol. The van der Waals surface area contributed by atoms with E-state index in [-0.39, 0.29) is 4.90 Å². The molecule has 0 fully saturated rings. The van der Waals surface area contributed by atoms with E-state index in [1.807, 2.05) is 13.0 Å². The van der Waals surface area contributed by atoms with Crippen molar-refractivity contribution in [2.24, 2.45) is 0 Å². The lowest BCUT2D eigenvalue weighted by molar-refractivity contribution is 0.569. The Balaban J connectivity index is 2.21. The molecule has 3 nitrogen and oxygen atoms in total. The molecule has 0 unspecified atom stereocenters. The van der Waals surface area contributed by atoms with Crippen LogP contribution in [-0.2, 0) is 10.0 Å². The first-order chi connectivity index (χ1) is 13.2. The van der Waals surface area contributed by atoms with Crippen molar-refractivity contribution in [2.75, 3.05) is 4.31 Å². The molecule has 0 spiro atoms. The molecular formula is C22H21ClFNO2S. The standard InChI is InChI=1S/C22H21ClFNO2S/c1-15-7-6-8-18(13-15)25(17(3)20-9-4-5-10-22(20)24)28(26,27)19-12-11-16(2)21(23)14-19/h4-14,17H,1-3H3/t17-/m1/s1. The van der Waals surface area contributed by atoms with Gasteiger partial charge in [0.1, 0.15) is 5.82 Å². The van der Waals surface area contributed by atoms with Gasteiger partial charge in [-0.2, -0.15) is 0 Å². The summed E-state index contributed by atoms with van der Waals surface area (Å²) in [5.74, 6) is -0.454. The topological polar surface area (TPSA) is 37.4 Å². The second-order valence-corrected chi connectivity index (χ2v) is 8.97. The first kappa shape index (κ1) is 20.4. The van der Waals surface area contributed by atoms with Crippen molar-refractivity contribution in [1.29, 1.82) is 0 Å². The van der Waals surface area contributed by atoms with Crippen molar-refractivity contribution >= 4 is 27.3 Å². The summed E-state index contributed by atoms with van der Waals surface area (Å²) in [6.45, 7) is 5.36. The zero-order valence-electron chi connectivity index (χ0n) is 15.9. The van der Waals surface area contributed by atoms with E-state index >= 15 is 0 Å². The average Bonchev–Trinajstić information content (AvgIpc) is 2.64. The second kappa shape index (κ2) is 7.94. The van der Waals surface area contributed by atoms with Gasteiger partial charge in [0.05, 0.1) is 16.6 Å². The third kappa shape index (κ3) is 3.91. The van der Waals surface area contributed by atoms with Crippen LogP contribution in [0.4, 0.5) is 10.1 Å². The number of hydrogen-bond donors (Lipinski definition) is 0. The molecular weight excluding hydrogens is 397 g/mol. The van der Waals surface area contributed by atoms with Gasteiger partial charge in [0.15, 0.2) is 0 Å². The molecule has 3 aromatic rings. The zero-order chi connectivity index (χ0) is 20.5. The van der Waals surface area contributed by atoms with Gasteiger partial charge in [0.25, 0.3) is 10.0 Å². The Morgan fingerprint density at radius 2 is 1.68 bits per heavy atom. The summed E-state index contributed by atoms with van der Waals surface area (Å²) in [6, 6.07) is 17.2. The lowest BCUT2D eigenvalue weighted by Gasteiger charge is -2.31. The number of hydrogen-bond acceptors (Lipinski definition) is 2. The van der Waals surface area contributed by atoms with Gasteiger partial charge in [-0.25, -0.2) is 12.8 Å². The molecule has 0 bridgehead atoms. The molecule has 0 heterocycles. The van der Waals surface area contributed by atoms with Gasteiger partial charge in [0, 0.05) is 10.6 Å². The molecule has 1 atom stereocenters. The Morgan fingerprint density at radius 3 is 2.32 bits per heavy atom. The second-order valence-electron chi connectivity index (χ2n) is 6.75. The molecule has 0 saturated heterocycles. The van der Waals surface area contributed by atoms with E-state index in [9.17, 15) is 12.8 Å². The summed E-state index contributed by atoms with van der Waals surface area (Å²) in [5, 5.41) is 0.365. The highest BCUT2D eigenvalue weighted by atomic mass is 35.5. The molecule has 0 radical (unpaired) electrons. The van der Waals surface area contributed by atoms with Gasteiger partial charge in [0.2, 0.25) is 0 Å². The molecule has 0 aliphatic carbocycles. The Bertz CT molecular complexity index is 1120. The van der Waals surface area contributed by atoms with Gasteiger partial charge in [-0.1, -0.05) is 48.0 Å². The number of sulfonamides is 1. The minimum atomic E-state index is -3.99. The highest BCUT2D eigenvalue weighted by Gasteiger charge is 2.32. The molecule has 0 amide bonds. The summed E-state index contributed by atoms with van der Waals surface area (Å²) in [4.78, 5) is 0.0628. The van der Waals surface area contributed by atoms with Crippen LogP contribution < -0.4 is 4.31 Å². The Labute approximate surface area is 170 Å². The molecule has 0 N–H and O–H groups in total. The fourth-order valence-electron chi connectivity index (χ4n) is 3.12. The zero-order valence-corrected chi connectivity index (χ0v) is 17.4. The van der Waals surface area contributed by atoms with Crippen molar-refractivity contribution in [2.45, 2.75) is 31.7 Å². The van der Waals surface area contributed by atoms with Crippen molar-refractivity contribution in [1.82, 2.24) is 0 Å². The lowest BCUT2D eigenvalue weighted by Crippen LogP contribution is -2.34. The number of benzene rings is 3. The monoisotopic (exact) mass is 417 g/mol. The van der Waals surface area contributed by atoms with E-state index in [1.165, 1.54) is 22.5 Å². The van der Waals surface area contributed by atoms with Gasteiger partial charge >= 0.3 is 0 Å². The Kier molecular flexibility index (Phi) is 5.77. The lowest BCUT2D eigenvalue weighted by atomic mass is 10.1. The summed E-state index contributed by atoms with van der Waals surface area (Å²) in [6.07, 6.45) is 0. The number of halogens is 2. The normalized spacial score (nSPS) is 12.6. The number of rotatable bonds is 5. The van der Waals surface area contributed by atoms with Crippen molar-refractivity contribution in [3.8, 4) is 0 Å². The van der Waals surface area contributed by atoms with Crippen LogP contribution in [0.25, 0.3) is 0 Å². The summed E-state index contributed by atoms with van der Waals surface area (Å²) in [5.41, 5.74) is 2.45. The molecule has 6 heteroatoms. The molecule has 3 rings (SSSR count). The van der Waals surface area contributed by atoms with E-state index < -0.39 is 21.9 Å². The quantitative estimate of drug-likeness (QED) is 0.506. The Hall–Kier alpha value is -2.37. The highest BCUT2D eigenvalue weighted by molar-refractivity contribution is 7.92. The molecule has 3 aromatic carbocycles. The van der Waals surface area contributed by atoms with Crippen LogP contribution in [-0.4, -0.2) is 8.42 Å². The van der Waals surface area contributed by atoms with Gasteiger partial charge < -0.3 is 0 Å². The molecule has 0 aromatic heterocycles. The third-order valence-electron chi connectivity index (χ3n) is 4.66. The molecule has 0 aliphatic heterocycles. The van der Waals surface area contributed by atoms with E-state index in [4.69, 9.17) is 11.6 Å². The Morgan fingerprint density at radius 1 is 0.964 bits per heavy atom. The molecule has 0 aliphatic rings. The van der Waals surface area contributed by atoms with Gasteiger partial charge in [-0.3, -0.25) is 4.31 Å². The van der Waals surface area contributed by atoms with Crippen molar-refractivity contribution in [3.63, 3.8) is 0 Å². The maximum absolute atomic E-state index is 14.5. The van der Waals surface area contributed by atoms with Gasteiger partial charge in [-0.15, -0.1) is 0 Å². The number of nitrogens with zero attached hydrogens (tertiary/aromatic N) is 1.